The minimum atomic E-state index is -0.346. The lowest BCUT2D eigenvalue weighted by molar-refractivity contribution is -0.113. The Balaban J connectivity index is 1.58. The number of amides is 1. The van der Waals surface area contributed by atoms with Crippen molar-refractivity contribution in [3.05, 3.63) is 59.2 Å². The first kappa shape index (κ1) is 18.1. The molecule has 0 atom stereocenters. The lowest BCUT2D eigenvalue weighted by atomic mass is 10.2. The molecule has 3 rings (SSSR count). The molecule has 8 heteroatoms. The lowest BCUT2D eigenvalue weighted by Crippen LogP contribution is -2.14. The van der Waals surface area contributed by atoms with Crippen molar-refractivity contribution in [1.29, 1.82) is 0 Å². The zero-order valence-corrected chi connectivity index (χ0v) is 15.5. The molecule has 0 aliphatic carbocycles. The monoisotopic (exact) mass is 371 g/mol. The number of aromatic nitrogens is 4. The van der Waals surface area contributed by atoms with E-state index in [-0.39, 0.29) is 17.5 Å². The molecule has 0 spiro atoms. The van der Waals surface area contributed by atoms with Crippen LogP contribution < -0.4 is 5.32 Å². The Morgan fingerprint density at radius 3 is 2.58 bits per heavy atom. The number of nitrogens with zero attached hydrogens (tertiary/aromatic N) is 4. The van der Waals surface area contributed by atoms with E-state index in [4.69, 9.17) is 0 Å². The van der Waals surface area contributed by atoms with Gasteiger partial charge in [-0.2, -0.15) is 5.10 Å². The number of hydrogen-bond donors (Lipinski definition) is 1. The van der Waals surface area contributed by atoms with E-state index in [1.807, 2.05) is 26.0 Å². The molecule has 2 aromatic heterocycles. The number of nitrogens with one attached hydrogen (secondary N) is 1. The van der Waals surface area contributed by atoms with Crippen LogP contribution in [0.2, 0.25) is 0 Å². The highest BCUT2D eigenvalue weighted by molar-refractivity contribution is 7.99. The molecule has 1 aromatic carbocycles. The van der Waals surface area contributed by atoms with E-state index in [1.54, 1.807) is 29.8 Å². The highest BCUT2D eigenvalue weighted by atomic mass is 32.2. The third-order valence-corrected chi connectivity index (χ3v) is 4.58. The smallest absolute Gasteiger partial charge is 0.234 e. The van der Waals surface area contributed by atoms with Gasteiger partial charge in [0, 0.05) is 11.4 Å². The van der Waals surface area contributed by atoms with Crippen molar-refractivity contribution in [3.8, 4) is 5.82 Å². The van der Waals surface area contributed by atoms with Gasteiger partial charge in [0.05, 0.1) is 11.4 Å². The number of anilines is 1. The largest absolute Gasteiger partial charge is 0.325 e. The van der Waals surface area contributed by atoms with Gasteiger partial charge in [0.25, 0.3) is 0 Å². The van der Waals surface area contributed by atoms with E-state index in [1.165, 1.54) is 17.8 Å². The molecule has 3 aromatic rings. The summed E-state index contributed by atoms with van der Waals surface area (Å²) in [6, 6.07) is 10.2. The first-order chi connectivity index (χ1) is 12.4. The molecule has 0 bridgehead atoms. The van der Waals surface area contributed by atoms with Crippen molar-refractivity contribution in [3.63, 3.8) is 0 Å². The van der Waals surface area contributed by atoms with Crippen LogP contribution >= 0.6 is 11.8 Å². The standard InChI is InChI=1S/C18H18FN5OS/c1-11-4-5-14(9-15(11)19)20-17(25)10-26-18-7-6-16(21-22-18)24-13(3)8-12(2)23-24/h4-9H,10H2,1-3H3,(H,20,25). The van der Waals surface area contributed by atoms with E-state index in [0.29, 0.717) is 22.1 Å². The van der Waals surface area contributed by atoms with E-state index in [9.17, 15) is 9.18 Å². The molecular formula is C18H18FN5OS. The summed E-state index contributed by atoms with van der Waals surface area (Å²) >= 11 is 1.26. The van der Waals surface area contributed by atoms with Crippen LogP contribution in [0.25, 0.3) is 5.82 Å². The average molecular weight is 371 g/mol. The second-order valence-electron chi connectivity index (χ2n) is 5.87. The molecule has 26 heavy (non-hydrogen) atoms. The van der Waals surface area contributed by atoms with Gasteiger partial charge in [-0.1, -0.05) is 17.8 Å². The Bertz CT molecular complexity index is 939. The van der Waals surface area contributed by atoms with Crippen molar-refractivity contribution >= 4 is 23.4 Å². The summed E-state index contributed by atoms with van der Waals surface area (Å²) in [5.74, 6) is 0.201. The molecular weight excluding hydrogens is 353 g/mol. The molecule has 0 saturated carbocycles. The summed E-state index contributed by atoms with van der Waals surface area (Å²) in [4.78, 5) is 12.0. The summed E-state index contributed by atoms with van der Waals surface area (Å²) < 4.78 is 15.2. The van der Waals surface area contributed by atoms with Gasteiger partial charge in [-0.15, -0.1) is 10.2 Å². The van der Waals surface area contributed by atoms with Gasteiger partial charge in [0.15, 0.2) is 5.82 Å². The molecule has 6 nitrogen and oxygen atoms in total. The maximum absolute atomic E-state index is 13.5. The summed E-state index contributed by atoms with van der Waals surface area (Å²) in [5.41, 5.74) is 2.86. The molecule has 0 unspecified atom stereocenters. The van der Waals surface area contributed by atoms with Crippen LogP contribution in [0.3, 0.4) is 0 Å². The van der Waals surface area contributed by atoms with Crippen LogP contribution in [0.4, 0.5) is 10.1 Å². The van der Waals surface area contributed by atoms with Crippen LogP contribution in [0.1, 0.15) is 17.0 Å². The minimum absolute atomic E-state index is 0.156. The fourth-order valence-electron chi connectivity index (χ4n) is 2.37. The second-order valence-corrected chi connectivity index (χ2v) is 6.87. The number of halogens is 1. The van der Waals surface area contributed by atoms with Crippen LogP contribution in [0.15, 0.2) is 41.4 Å². The van der Waals surface area contributed by atoms with Crippen molar-refractivity contribution in [2.24, 2.45) is 0 Å². The number of benzene rings is 1. The first-order valence-electron chi connectivity index (χ1n) is 7.98. The minimum Gasteiger partial charge on any atom is -0.325 e. The predicted molar refractivity (Wildman–Crippen MR) is 99.1 cm³/mol. The van der Waals surface area contributed by atoms with Crippen LogP contribution in [0.5, 0.6) is 0 Å². The molecule has 0 aliphatic rings. The predicted octanol–water partition coefficient (Wildman–Crippen LogP) is 3.46. The Morgan fingerprint density at radius 1 is 1.15 bits per heavy atom. The molecule has 1 amide bonds. The zero-order chi connectivity index (χ0) is 18.7. The number of aryl methyl sites for hydroxylation is 3. The molecule has 0 aliphatic heterocycles. The van der Waals surface area contributed by atoms with Gasteiger partial charge in [-0.3, -0.25) is 4.79 Å². The number of thioether (sulfide) groups is 1. The SMILES string of the molecule is Cc1cc(C)n(-c2ccc(SCC(=O)Nc3ccc(C)c(F)c3)nn2)n1. The summed E-state index contributed by atoms with van der Waals surface area (Å²) in [5, 5.41) is 15.9. The van der Waals surface area contributed by atoms with Crippen LogP contribution in [-0.4, -0.2) is 31.6 Å². The maximum atomic E-state index is 13.5. The number of hydrogen-bond acceptors (Lipinski definition) is 5. The van der Waals surface area contributed by atoms with Crippen molar-refractivity contribution in [2.75, 3.05) is 11.1 Å². The fraction of sp³-hybridized carbons (Fsp3) is 0.222. The van der Waals surface area contributed by atoms with E-state index in [0.717, 1.165) is 11.4 Å². The fourth-order valence-corrected chi connectivity index (χ4v) is 2.98. The van der Waals surface area contributed by atoms with Gasteiger partial charge in [0.2, 0.25) is 5.91 Å². The quantitative estimate of drug-likeness (QED) is 0.696. The van der Waals surface area contributed by atoms with E-state index in [2.05, 4.69) is 20.6 Å². The third-order valence-electron chi connectivity index (χ3n) is 3.66. The van der Waals surface area contributed by atoms with E-state index >= 15 is 0 Å². The van der Waals surface area contributed by atoms with Gasteiger partial charge in [-0.05, 0) is 56.7 Å². The third kappa shape index (κ3) is 4.26. The number of rotatable bonds is 5. The highest BCUT2D eigenvalue weighted by Gasteiger charge is 2.09. The van der Waals surface area contributed by atoms with Crippen molar-refractivity contribution in [1.82, 2.24) is 20.0 Å². The Kier molecular flexibility index (Phi) is 5.32. The highest BCUT2D eigenvalue weighted by Crippen LogP contribution is 2.18. The van der Waals surface area contributed by atoms with Crippen molar-refractivity contribution < 1.29 is 9.18 Å². The Morgan fingerprint density at radius 2 is 1.96 bits per heavy atom. The molecule has 1 N–H and O–H groups in total. The van der Waals surface area contributed by atoms with Gasteiger partial charge in [-0.25, -0.2) is 9.07 Å². The summed E-state index contributed by atoms with van der Waals surface area (Å²) in [7, 11) is 0. The van der Waals surface area contributed by atoms with Gasteiger partial charge < -0.3 is 5.32 Å². The van der Waals surface area contributed by atoms with Crippen LogP contribution in [-0.2, 0) is 4.79 Å². The second kappa shape index (κ2) is 7.65. The lowest BCUT2D eigenvalue weighted by Gasteiger charge is -2.06. The molecule has 0 radical (unpaired) electrons. The normalized spacial score (nSPS) is 10.8. The summed E-state index contributed by atoms with van der Waals surface area (Å²) in [6.45, 7) is 5.54. The van der Waals surface area contributed by atoms with E-state index < -0.39 is 0 Å². The first-order valence-corrected chi connectivity index (χ1v) is 8.97. The molecule has 0 fully saturated rings. The zero-order valence-electron chi connectivity index (χ0n) is 14.7. The Labute approximate surface area is 154 Å². The average Bonchev–Trinajstić information content (AvgIpc) is 2.95. The maximum Gasteiger partial charge on any atom is 0.234 e. The Hall–Kier alpha value is -2.74. The number of carbonyl (C=O) groups is 1. The molecule has 2 heterocycles. The molecule has 0 saturated heterocycles. The molecule has 134 valence electrons. The topological polar surface area (TPSA) is 72.7 Å². The van der Waals surface area contributed by atoms with Gasteiger partial charge >= 0.3 is 0 Å². The summed E-state index contributed by atoms with van der Waals surface area (Å²) in [6.07, 6.45) is 0. The van der Waals surface area contributed by atoms with Gasteiger partial charge in [0.1, 0.15) is 10.8 Å². The van der Waals surface area contributed by atoms with Crippen molar-refractivity contribution in [2.45, 2.75) is 25.8 Å². The van der Waals surface area contributed by atoms with Crippen LogP contribution in [0, 0.1) is 26.6 Å². The number of carbonyl (C=O) groups excluding carboxylic acids is 1.